The number of nitrogen functional groups attached to an aromatic ring is 1. The minimum absolute atomic E-state index is 0.529. The van der Waals surface area contributed by atoms with Gasteiger partial charge in [0.1, 0.15) is 0 Å². The first-order valence-electron chi connectivity index (χ1n) is 3.99. The smallest absolute Gasteiger partial charge is 0.200 e. The average molecular weight is 177 g/mol. The Balaban J connectivity index is 2.24. The molecule has 2 aromatic heterocycles. The third kappa shape index (κ3) is 1.40. The molecule has 0 fully saturated rings. The van der Waals surface area contributed by atoms with Crippen molar-refractivity contribution in [3.05, 3.63) is 30.6 Å². The molecule has 0 unspecified atom stereocenters. The van der Waals surface area contributed by atoms with Crippen LogP contribution in [0.15, 0.2) is 24.9 Å². The van der Waals surface area contributed by atoms with Crippen molar-refractivity contribution in [3.63, 3.8) is 0 Å². The molecule has 0 spiro atoms. The van der Waals surface area contributed by atoms with Crippen molar-refractivity contribution in [1.82, 2.24) is 19.1 Å². The van der Waals surface area contributed by atoms with Crippen LogP contribution in [0.25, 0.3) is 0 Å². The summed E-state index contributed by atoms with van der Waals surface area (Å²) in [5.74, 6) is 0.529. The zero-order chi connectivity index (χ0) is 9.26. The summed E-state index contributed by atoms with van der Waals surface area (Å²) >= 11 is 0. The van der Waals surface area contributed by atoms with E-state index in [1.165, 1.54) is 0 Å². The van der Waals surface area contributed by atoms with E-state index in [1.807, 2.05) is 28.6 Å². The van der Waals surface area contributed by atoms with E-state index in [0.717, 1.165) is 5.69 Å². The molecule has 0 aliphatic rings. The summed E-state index contributed by atoms with van der Waals surface area (Å²) < 4.78 is 3.83. The highest BCUT2D eigenvalue weighted by molar-refractivity contribution is 5.18. The van der Waals surface area contributed by atoms with E-state index in [-0.39, 0.29) is 0 Å². The van der Waals surface area contributed by atoms with Crippen molar-refractivity contribution in [2.45, 2.75) is 6.54 Å². The Labute approximate surface area is 75.8 Å². The molecule has 5 heteroatoms. The number of anilines is 1. The highest BCUT2D eigenvalue weighted by Crippen LogP contribution is 2.04. The summed E-state index contributed by atoms with van der Waals surface area (Å²) in [5, 5.41) is 0. The number of aromatic nitrogens is 4. The fraction of sp³-hybridized carbons (Fsp3) is 0.250. The summed E-state index contributed by atoms with van der Waals surface area (Å²) in [6, 6.07) is 0. The van der Waals surface area contributed by atoms with E-state index in [4.69, 9.17) is 5.73 Å². The molecule has 0 atom stereocenters. The van der Waals surface area contributed by atoms with Crippen molar-refractivity contribution in [2.75, 3.05) is 5.73 Å². The molecule has 0 saturated carbocycles. The van der Waals surface area contributed by atoms with Crippen molar-refractivity contribution < 1.29 is 0 Å². The van der Waals surface area contributed by atoms with Crippen LogP contribution in [0.1, 0.15) is 5.69 Å². The van der Waals surface area contributed by atoms with Crippen molar-refractivity contribution in [3.8, 4) is 0 Å². The Morgan fingerprint density at radius 1 is 1.54 bits per heavy atom. The molecule has 0 aliphatic carbocycles. The fourth-order valence-electron chi connectivity index (χ4n) is 1.19. The summed E-state index contributed by atoms with van der Waals surface area (Å²) in [6.07, 6.45) is 7.12. The molecule has 68 valence electrons. The normalized spacial score (nSPS) is 10.5. The van der Waals surface area contributed by atoms with Crippen LogP contribution in [0.4, 0.5) is 5.95 Å². The molecule has 2 N–H and O–H groups in total. The van der Waals surface area contributed by atoms with Gasteiger partial charge in [-0.05, 0) is 0 Å². The zero-order valence-electron chi connectivity index (χ0n) is 7.38. The first kappa shape index (κ1) is 7.85. The lowest BCUT2D eigenvalue weighted by molar-refractivity contribution is 0.730. The lowest BCUT2D eigenvalue weighted by Crippen LogP contribution is -2.06. The molecule has 0 radical (unpaired) electrons. The molecule has 0 amide bonds. The number of rotatable bonds is 2. The highest BCUT2D eigenvalue weighted by atomic mass is 15.2. The van der Waals surface area contributed by atoms with Crippen LogP contribution in [-0.2, 0) is 13.6 Å². The first-order valence-corrected chi connectivity index (χ1v) is 3.99. The number of nitrogens with two attached hydrogens (primary N) is 1. The van der Waals surface area contributed by atoms with E-state index in [2.05, 4.69) is 9.97 Å². The first-order chi connectivity index (χ1) is 6.27. The molecule has 0 aromatic carbocycles. The zero-order valence-corrected chi connectivity index (χ0v) is 7.38. The van der Waals surface area contributed by atoms with Gasteiger partial charge in [-0.25, -0.2) is 9.97 Å². The van der Waals surface area contributed by atoms with Crippen LogP contribution >= 0.6 is 0 Å². The van der Waals surface area contributed by atoms with Crippen molar-refractivity contribution in [2.24, 2.45) is 7.05 Å². The SMILES string of the molecule is Cn1cncc1Cn1ccnc1N. The molecule has 0 aliphatic heterocycles. The lowest BCUT2D eigenvalue weighted by atomic mass is 10.4. The van der Waals surface area contributed by atoms with E-state index in [1.54, 1.807) is 12.5 Å². The maximum Gasteiger partial charge on any atom is 0.200 e. The van der Waals surface area contributed by atoms with Gasteiger partial charge in [0.2, 0.25) is 0 Å². The molecule has 13 heavy (non-hydrogen) atoms. The van der Waals surface area contributed by atoms with Crippen LogP contribution < -0.4 is 5.73 Å². The largest absolute Gasteiger partial charge is 0.369 e. The Hall–Kier alpha value is -1.78. The molecule has 5 nitrogen and oxygen atoms in total. The number of nitrogens with zero attached hydrogens (tertiary/aromatic N) is 4. The van der Waals surface area contributed by atoms with Gasteiger partial charge < -0.3 is 14.9 Å². The fourth-order valence-corrected chi connectivity index (χ4v) is 1.19. The summed E-state index contributed by atoms with van der Waals surface area (Å²) in [7, 11) is 1.95. The molecular formula is C8H11N5. The van der Waals surface area contributed by atoms with Crippen molar-refractivity contribution in [1.29, 1.82) is 0 Å². The van der Waals surface area contributed by atoms with E-state index >= 15 is 0 Å². The predicted molar refractivity (Wildman–Crippen MR) is 48.9 cm³/mol. The molecule has 0 saturated heterocycles. The minimum atomic E-state index is 0.529. The topological polar surface area (TPSA) is 61.7 Å². The maximum atomic E-state index is 5.63. The minimum Gasteiger partial charge on any atom is -0.369 e. The Morgan fingerprint density at radius 2 is 2.38 bits per heavy atom. The van der Waals surface area contributed by atoms with Crippen LogP contribution in [0.2, 0.25) is 0 Å². The standard InChI is InChI=1S/C8H11N5/c1-12-6-10-4-7(12)5-13-3-2-11-8(13)9/h2-4,6H,5H2,1H3,(H2,9,11). The Morgan fingerprint density at radius 3 is 2.92 bits per heavy atom. The van der Waals surface area contributed by atoms with Gasteiger partial charge in [0, 0.05) is 25.6 Å². The van der Waals surface area contributed by atoms with Gasteiger partial charge in [-0.1, -0.05) is 0 Å². The number of aryl methyl sites for hydroxylation is 1. The number of imidazole rings is 2. The van der Waals surface area contributed by atoms with E-state index in [9.17, 15) is 0 Å². The molecular weight excluding hydrogens is 166 g/mol. The number of hydrogen-bond donors (Lipinski definition) is 1. The molecule has 2 heterocycles. The van der Waals surface area contributed by atoms with Crippen LogP contribution in [0.5, 0.6) is 0 Å². The quantitative estimate of drug-likeness (QED) is 0.715. The third-order valence-electron chi connectivity index (χ3n) is 2.00. The number of hydrogen-bond acceptors (Lipinski definition) is 3. The highest BCUT2D eigenvalue weighted by Gasteiger charge is 2.01. The van der Waals surface area contributed by atoms with E-state index < -0.39 is 0 Å². The molecule has 2 rings (SSSR count). The second-order valence-electron chi connectivity index (χ2n) is 2.91. The van der Waals surface area contributed by atoms with Gasteiger partial charge in [0.05, 0.1) is 18.6 Å². The summed E-state index contributed by atoms with van der Waals surface area (Å²) in [4.78, 5) is 7.96. The Bertz CT molecular complexity index is 362. The Kier molecular flexibility index (Phi) is 1.77. The van der Waals surface area contributed by atoms with Crippen LogP contribution in [0.3, 0.4) is 0 Å². The average Bonchev–Trinajstić information content (AvgIpc) is 2.65. The van der Waals surface area contributed by atoms with Gasteiger partial charge in [0.25, 0.3) is 0 Å². The predicted octanol–water partition coefficient (Wildman–Crippen LogP) is 0.247. The second-order valence-corrected chi connectivity index (χ2v) is 2.91. The maximum absolute atomic E-state index is 5.63. The molecule has 0 bridgehead atoms. The monoisotopic (exact) mass is 177 g/mol. The van der Waals surface area contributed by atoms with Gasteiger partial charge in [-0.15, -0.1) is 0 Å². The molecule has 2 aromatic rings. The van der Waals surface area contributed by atoms with Crippen LogP contribution in [0, 0.1) is 0 Å². The summed E-state index contributed by atoms with van der Waals surface area (Å²) in [6.45, 7) is 0.711. The third-order valence-corrected chi connectivity index (χ3v) is 2.00. The summed E-state index contributed by atoms with van der Waals surface area (Å²) in [5.41, 5.74) is 6.73. The van der Waals surface area contributed by atoms with Gasteiger partial charge in [0.15, 0.2) is 5.95 Å². The van der Waals surface area contributed by atoms with Gasteiger partial charge in [-0.2, -0.15) is 0 Å². The van der Waals surface area contributed by atoms with Crippen molar-refractivity contribution >= 4 is 5.95 Å². The lowest BCUT2D eigenvalue weighted by Gasteiger charge is -2.04. The second kappa shape index (κ2) is 2.93. The van der Waals surface area contributed by atoms with Gasteiger partial charge >= 0.3 is 0 Å². The van der Waals surface area contributed by atoms with Gasteiger partial charge in [-0.3, -0.25) is 0 Å². The van der Waals surface area contributed by atoms with Crippen LogP contribution in [-0.4, -0.2) is 19.1 Å². The van der Waals surface area contributed by atoms with E-state index in [0.29, 0.717) is 12.5 Å².